The van der Waals surface area contributed by atoms with Crippen LogP contribution in [-0.4, -0.2) is 57.9 Å². The Morgan fingerprint density at radius 3 is 2.43 bits per heavy atom. The fourth-order valence-electron chi connectivity index (χ4n) is 3.02. The normalized spacial score (nSPS) is 14.4. The lowest BCUT2D eigenvalue weighted by Crippen LogP contribution is -2.50. The van der Waals surface area contributed by atoms with E-state index in [-0.39, 0.29) is 23.4 Å². The number of carbonyl (C=O) groups is 2. The van der Waals surface area contributed by atoms with Crippen molar-refractivity contribution in [2.24, 2.45) is 0 Å². The van der Waals surface area contributed by atoms with Crippen molar-refractivity contribution >= 4 is 23.2 Å². The quantitative estimate of drug-likeness (QED) is 0.676. The van der Waals surface area contributed by atoms with Gasteiger partial charge in [0.25, 0.3) is 11.8 Å². The first-order valence-electron chi connectivity index (χ1n) is 8.75. The van der Waals surface area contributed by atoms with Crippen LogP contribution in [0.1, 0.15) is 25.9 Å². The summed E-state index contributed by atoms with van der Waals surface area (Å²) in [5.74, 6) is -0.560. The molecule has 9 heteroatoms. The third kappa shape index (κ3) is 3.53. The van der Waals surface area contributed by atoms with E-state index in [9.17, 15) is 14.0 Å². The molecule has 7 nitrogen and oxygen atoms in total. The molecule has 3 aromatic rings. The Balaban J connectivity index is 1.41. The summed E-state index contributed by atoms with van der Waals surface area (Å²) in [5.41, 5.74) is 1.03. The summed E-state index contributed by atoms with van der Waals surface area (Å²) in [6.07, 6.45) is 1.48. The summed E-state index contributed by atoms with van der Waals surface area (Å²) in [6, 6.07) is 7.94. The second-order valence-electron chi connectivity index (χ2n) is 6.43. The fourth-order valence-corrected chi connectivity index (χ4v) is 3.93. The highest BCUT2D eigenvalue weighted by molar-refractivity contribution is 7.16. The van der Waals surface area contributed by atoms with Crippen LogP contribution >= 0.6 is 11.3 Å². The molecule has 1 aliphatic heterocycles. The number of amides is 2. The molecule has 1 aliphatic rings. The van der Waals surface area contributed by atoms with Crippen LogP contribution in [0.4, 0.5) is 4.39 Å². The van der Waals surface area contributed by atoms with Gasteiger partial charge in [0.2, 0.25) is 5.76 Å². The van der Waals surface area contributed by atoms with Crippen molar-refractivity contribution in [1.29, 1.82) is 0 Å². The molecule has 1 fully saturated rings. The number of nitrogens with zero attached hydrogens (tertiary/aromatic N) is 4. The highest BCUT2D eigenvalue weighted by atomic mass is 32.1. The zero-order chi connectivity index (χ0) is 19.7. The van der Waals surface area contributed by atoms with Crippen molar-refractivity contribution in [2.45, 2.75) is 6.92 Å². The van der Waals surface area contributed by atoms with E-state index >= 15 is 0 Å². The number of thiazole rings is 1. The van der Waals surface area contributed by atoms with Crippen molar-refractivity contribution in [1.82, 2.24) is 19.9 Å². The van der Waals surface area contributed by atoms with E-state index in [1.807, 2.05) is 0 Å². The Morgan fingerprint density at radius 1 is 1.11 bits per heavy atom. The molecule has 0 radical (unpaired) electrons. The Kier molecular flexibility index (Phi) is 4.91. The van der Waals surface area contributed by atoms with Gasteiger partial charge in [0, 0.05) is 37.8 Å². The van der Waals surface area contributed by atoms with E-state index < -0.39 is 0 Å². The molecule has 0 unspecified atom stereocenters. The molecule has 0 atom stereocenters. The van der Waals surface area contributed by atoms with Crippen LogP contribution in [0.5, 0.6) is 0 Å². The van der Waals surface area contributed by atoms with Crippen LogP contribution < -0.4 is 0 Å². The summed E-state index contributed by atoms with van der Waals surface area (Å²) in [7, 11) is 0. The highest BCUT2D eigenvalue weighted by Gasteiger charge is 2.28. The lowest BCUT2D eigenvalue weighted by Gasteiger charge is -2.33. The maximum atomic E-state index is 13.9. The highest BCUT2D eigenvalue weighted by Crippen LogP contribution is 2.28. The zero-order valence-corrected chi connectivity index (χ0v) is 15.9. The Hall–Kier alpha value is -3.07. The summed E-state index contributed by atoms with van der Waals surface area (Å²) in [4.78, 5) is 33.1. The first-order valence-corrected chi connectivity index (χ1v) is 9.57. The monoisotopic (exact) mass is 400 g/mol. The molecule has 4 rings (SSSR count). The maximum absolute atomic E-state index is 13.9. The largest absolute Gasteiger partial charge is 0.351 e. The number of hydrogen-bond donors (Lipinski definition) is 0. The molecule has 2 amide bonds. The van der Waals surface area contributed by atoms with E-state index in [0.29, 0.717) is 47.3 Å². The number of piperazine rings is 1. The van der Waals surface area contributed by atoms with Crippen molar-refractivity contribution < 1.29 is 18.5 Å². The van der Waals surface area contributed by atoms with Gasteiger partial charge in [-0.25, -0.2) is 9.37 Å². The van der Waals surface area contributed by atoms with Gasteiger partial charge in [-0.15, -0.1) is 11.3 Å². The molecule has 2 aromatic heterocycles. The number of benzene rings is 1. The molecule has 0 saturated carbocycles. The van der Waals surface area contributed by atoms with Gasteiger partial charge in [-0.3, -0.25) is 9.59 Å². The lowest BCUT2D eigenvalue weighted by molar-refractivity contribution is 0.0515. The molecule has 0 aliphatic carbocycles. The van der Waals surface area contributed by atoms with Gasteiger partial charge in [0.1, 0.15) is 15.7 Å². The summed E-state index contributed by atoms with van der Waals surface area (Å²) >= 11 is 1.16. The van der Waals surface area contributed by atoms with E-state index in [2.05, 4.69) is 10.1 Å². The minimum Gasteiger partial charge on any atom is -0.351 e. The lowest BCUT2D eigenvalue weighted by atomic mass is 10.2. The van der Waals surface area contributed by atoms with E-state index in [0.717, 1.165) is 11.3 Å². The first kappa shape index (κ1) is 18.3. The molecular weight excluding hydrogens is 383 g/mol. The van der Waals surface area contributed by atoms with Gasteiger partial charge in [-0.1, -0.05) is 17.3 Å². The Labute approximate surface area is 164 Å². The van der Waals surface area contributed by atoms with Gasteiger partial charge >= 0.3 is 0 Å². The molecule has 0 bridgehead atoms. The molecule has 3 heterocycles. The van der Waals surface area contributed by atoms with Crippen molar-refractivity contribution in [3.63, 3.8) is 0 Å². The second kappa shape index (κ2) is 7.51. The van der Waals surface area contributed by atoms with Gasteiger partial charge in [0.05, 0.1) is 11.9 Å². The zero-order valence-electron chi connectivity index (χ0n) is 15.1. The third-order valence-corrected chi connectivity index (χ3v) is 5.53. The van der Waals surface area contributed by atoms with Crippen LogP contribution in [0.15, 0.2) is 41.1 Å². The number of aryl methyl sites for hydroxylation is 1. The molecule has 28 heavy (non-hydrogen) atoms. The van der Waals surface area contributed by atoms with Crippen molar-refractivity contribution in [2.75, 3.05) is 26.2 Å². The molecular formula is C19H17FN4O3S. The molecule has 0 N–H and O–H groups in total. The average molecular weight is 400 g/mol. The van der Waals surface area contributed by atoms with E-state index in [1.165, 1.54) is 12.3 Å². The topological polar surface area (TPSA) is 79.5 Å². The van der Waals surface area contributed by atoms with Gasteiger partial charge in [-0.05, 0) is 19.1 Å². The van der Waals surface area contributed by atoms with Crippen LogP contribution in [-0.2, 0) is 0 Å². The number of aromatic nitrogens is 2. The summed E-state index contributed by atoms with van der Waals surface area (Å²) < 4.78 is 18.9. The van der Waals surface area contributed by atoms with Crippen LogP contribution in [0.25, 0.3) is 10.6 Å². The van der Waals surface area contributed by atoms with E-state index in [1.54, 1.807) is 41.0 Å². The van der Waals surface area contributed by atoms with Crippen LogP contribution in [0.2, 0.25) is 0 Å². The number of halogens is 1. The summed E-state index contributed by atoms with van der Waals surface area (Å²) in [6.45, 7) is 3.38. The fraction of sp³-hybridized carbons (Fsp3) is 0.263. The smallest absolute Gasteiger partial charge is 0.292 e. The van der Waals surface area contributed by atoms with Gasteiger partial charge in [0.15, 0.2) is 0 Å². The third-order valence-electron chi connectivity index (χ3n) is 4.51. The molecule has 0 spiro atoms. The van der Waals surface area contributed by atoms with Crippen molar-refractivity contribution in [3.8, 4) is 10.6 Å². The predicted molar refractivity (Wildman–Crippen MR) is 101 cm³/mol. The first-order chi connectivity index (χ1) is 13.5. The average Bonchev–Trinajstić information content (AvgIpc) is 3.37. The summed E-state index contributed by atoms with van der Waals surface area (Å²) in [5, 5.41) is 4.20. The minimum absolute atomic E-state index is 0.164. The van der Waals surface area contributed by atoms with Gasteiger partial charge < -0.3 is 14.3 Å². The number of carbonyl (C=O) groups excluding carboxylic acids is 2. The second-order valence-corrected chi connectivity index (χ2v) is 7.46. The van der Waals surface area contributed by atoms with Gasteiger partial charge in [-0.2, -0.15) is 0 Å². The van der Waals surface area contributed by atoms with Crippen LogP contribution in [0, 0.1) is 12.7 Å². The number of hydrogen-bond acceptors (Lipinski definition) is 6. The molecule has 1 aromatic carbocycles. The molecule has 1 saturated heterocycles. The number of rotatable bonds is 3. The minimum atomic E-state index is -0.370. The van der Waals surface area contributed by atoms with E-state index in [4.69, 9.17) is 4.52 Å². The standard InChI is InChI=1S/C19H17FN4O3S/c1-12-10-15(27-22-12)18(25)23-6-8-24(9-7-23)19(26)16-11-21-17(28-16)13-4-2-3-5-14(13)20/h2-5,10-11H,6-9H2,1H3. The Bertz CT molecular complexity index is 1020. The maximum Gasteiger partial charge on any atom is 0.292 e. The SMILES string of the molecule is Cc1cc(C(=O)N2CCN(C(=O)c3cnc(-c4ccccc4F)s3)CC2)on1. The predicted octanol–water partition coefficient (Wildman–Crippen LogP) is 2.84. The molecule has 144 valence electrons. The van der Waals surface area contributed by atoms with Crippen LogP contribution in [0.3, 0.4) is 0 Å². The Morgan fingerprint density at radius 2 is 1.79 bits per heavy atom. The van der Waals surface area contributed by atoms with Crippen molar-refractivity contribution in [3.05, 3.63) is 58.7 Å².